The highest BCUT2D eigenvalue weighted by molar-refractivity contribution is 5.94. The summed E-state index contributed by atoms with van der Waals surface area (Å²) < 4.78 is 81.3. The Hall–Kier alpha value is -3.38. The molecule has 0 radical (unpaired) electrons. The number of benzene rings is 3. The first-order valence-electron chi connectivity index (χ1n) is 14.9. The van der Waals surface area contributed by atoms with Crippen LogP contribution in [0.1, 0.15) is 83.5 Å². The molecule has 0 spiro atoms. The molecule has 2 aliphatic rings. The van der Waals surface area contributed by atoms with Gasteiger partial charge in [0.1, 0.15) is 5.56 Å². The van der Waals surface area contributed by atoms with Gasteiger partial charge < -0.3 is 24.8 Å². The van der Waals surface area contributed by atoms with E-state index in [1.54, 1.807) is 24.3 Å². The summed E-state index contributed by atoms with van der Waals surface area (Å²) in [6, 6.07) is 14.4. The predicted molar refractivity (Wildman–Crippen MR) is 152 cm³/mol. The number of aliphatic hydroxyl groups is 1. The highest BCUT2D eigenvalue weighted by Crippen LogP contribution is 2.38. The van der Waals surface area contributed by atoms with Gasteiger partial charge in [0.2, 0.25) is 5.82 Å². The monoisotopic (exact) mass is 618 g/mol. The number of rotatable bonds is 8. The van der Waals surface area contributed by atoms with Crippen molar-refractivity contribution in [3.63, 3.8) is 0 Å². The van der Waals surface area contributed by atoms with E-state index in [4.69, 9.17) is 9.47 Å². The molecule has 236 valence electrons. The molecule has 2 fully saturated rings. The summed E-state index contributed by atoms with van der Waals surface area (Å²) in [5.74, 6) is -12.5. The van der Waals surface area contributed by atoms with Crippen LogP contribution in [0.25, 0.3) is 0 Å². The Kier molecular flexibility index (Phi) is 10.6. The first kappa shape index (κ1) is 32.0. The second-order valence-electron chi connectivity index (χ2n) is 11.3. The van der Waals surface area contributed by atoms with Crippen molar-refractivity contribution in [3.8, 4) is 0 Å². The van der Waals surface area contributed by atoms with Crippen LogP contribution in [0, 0.1) is 29.1 Å². The van der Waals surface area contributed by atoms with Crippen molar-refractivity contribution in [1.29, 1.82) is 0 Å². The summed E-state index contributed by atoms with van der Waals surface area (Å²) in [6.45, 7) is 2.54. The number of nitrogens with zero attached hydrogens (tertiary/aromatic N) is 1. The highest BCUT2D eigenvalue weighted by atomic mass is 19.2. The molecular weight excluding hydrogens is 583 g/mol. The molecule has 0 bridgehead atoms. The first-order chi connectivity index (χ1) is 21.2. The minimum Gasteiger partial charge on any atom is -0.392 e. The average molecular weight is 619 g/mol. The fraction of sp³-hybridized carbons (Fsp3) is 0.424. The van der Waals surface area contributed by atoms with Gasteiger partial charge in [0.15, 0.2) is 29.6 Å². The largest absolute Gasteiger partial charge is 0.392 e. The third kappa shape index (κ3) is 7.46. The molecule has 0 unspecified atom stereocenters. The van der Waals surface area contributed by atoms with Crippen molar-refractivity contribution in [1.82, 2.24) is 10.2 Å². The molecule has 0 aromatic heterocycles. The number of halogens is 5. The summed E-state index contributed by atoms with van der Waals surface area (Å²) in [5.41, 5.74) is 1.48. The summed E-state index contributed by atoms with van der Waals surface area (Å²) in [5, 5.41) is 11.7. The van der Waals surface area contributed by atoms with Gasteiger partial charge in [-0.2, -0.15) is 0 Å². The van der Waals surface area contributed by atoms with E-state index in [-0.39, 0.29) is 25.4 Å². The molecule has 11 heteroatoms. The predicted octanol–water partition coefficient (Wildman–Crippen LogP) is 6.62. The van der Waals surface area contributed by atoms with Crippen LogP contribution in [0.15, 0.2) is 48.5 Å². The van der Waals surface area contributed by atoms with Crippen LogP contribution in [0.4, 0.5) is 22.0 Å². The van der Waals surface area contributed by atoms with E-state index in [0.29, 0.717) is 17.5 Å². The van der Waals surface area contributed by atoms with E-state index in [1.807, 2.05) is 24.3 Å². The molecular formula is C33H35F5N2O4. The number of likely N-dealkylation sites (tertiary alicyclic amines) is 1. The number of carbonyl (C=O) groups excluding carboxylic acids is 1. The Bertz CT molecular complexity index is 1400. The van der Waals surface area contributed by atoms with Crippen LogP contribution in [-0.2, 0) is 22.6 Å². The molecule has 2 saturated heterocycles. The minimum absolute atomic E-state index is 0.0521. The SMILES string of the molecule is O=C(NCc1ccc([C@@H]2O[C@H](CN3CCCCCCC3)C[C@H](c3ccc(CO)cc3)O2)cc1)c1c(F)c(F)c(F)c(F)c1F. The number of carbonyl (C=O) groups is 1. The van der Waals surface area contributed by atoms with E-state index < -0.39 is 46.8 Å². The zero-order valence-corrected chi connectivity index (χ0v) is 24.1. The van der Waals surface area contributed by atoms with E-state index >= 15 is 0 Å². The molecule has 44 heavy (non-hydrogen) atoms. The Morgan fingerprint density at radius 2 is 1.30 bits per heavy atom. The molecule has 0 aliphatic carbocycles. The summed E-state index contributed by atoms with van der Waals surface area (Å²) in [4.78, 5) is 14.8. The number of aliphatic hydroxyl groups excluding tert-OH is 1. The standard InChI is InChI=1S/C33H35F5N2O4/c34-27-26(28(35)30(37)31(38)29(27)36)32(42)39-17-20-6-12-23(13-7-20)33-43-24(18-40-14-4-2-1-3-5-15-40)16-25(44-33)22-10-8-21(19-41)9-11-22/h6-13,24-25,33,41H,1-5,14-19H2,(H,39,42)/t24-,25+,33+/m0/s1. The molecule has 5 rings (SSSR count). The van der Waals surface area contributed by atoms with Gasteiger partial charge in [0.25, 0.3) is 5.91 Å². The van der Waals surface area contributed by atoms with Gasteiger partial charge in [0, 0.05) is 25.1 Å². The van der Waals surface area contributed by atoms with Crippen LogP contribution >= 0.6 is 0 Å². The number of amides is 1. The lowest BCUT2D eigenvalue weighted by molar-refractivity contribution is -0.253. The quantitative estimate of drug-likeness (QED) is 0.169. The lowest BCUT2D eigenvalue weighted by Crippen LogP contribution is -2.40. The summed E-state index contributed by atoms with van der Waals surface area (Å²) in [7, 11) is 0. The molecule has 1 amide bonds. The number of nitrogens with one attached hydrogen (secondary N) is 1. The number of hydrogen-bond donors (Lipinski definition) is 2. The topological polar surface area (TPSA) is 71.0 Å². The van der Waals surface area contributed by atoms with Crippen molar-refractivity contribution in [2.45, 2.75) is 70.2 Å². The normalized spacial score (nSPS) is 21.5. The summed E-state index contributed by atoms with van der Waals surface area (Å²) in [6.07, 6.45) is 5.64. The van der Waals surface area contributed by atoms with Crippen LogP contribution in [0.2, 0.25) is 0 Å². The van der Waals surface area contributed by atoms with E-state index in [9.17, 15) is 31.9 Å². The van der Waals surface area contributed by atoms with Gasteiger partial charge in [0.05, 0.1) is 18.8 Å². The maximum Gasteiger partial charge on any atom is 0.257 e. The second kappa shape index (κ2) is 14.6. The van der Waals surface area contributed by atoms with Crippen molar-refractivity contribution < 1.29 is 41.3 Å². The molecule has 2 aliphatic heterocycles. The average Bonchev–Trinajstić information content (AvgIpc) is 3.03. The van der Waals surface area contributed by atoms with Gasteiger partial charge in [-0.25, -0.2) is 22.0 Å². The Labute approximate surface area is 252 Å². The molecule has 0 saturated carbocycles. The van der Waals surface area contributed by atoms with Gasteiger partial charge in [-0.05, 0) is 42.6 Å². The summed E-state index contributed by atoms with van der Waals surface area (Å²) >= 11 is 0. The smallest absolute Gasteiger partial charge is 0.257 e. The maximum atomic E-state index is 14.0. The van der Waals surface area contributed by atoms with Gasteiger partial charge in [-0.15, -0.1) is 0 Å². The van der Waals surface area contributed by atoms with Gasteiger partial charge >= 0.3 is 0 Å². The van der Waals surface area contributed by atoms with E-state index in [0.717, 1.165) is 43.6 Å². The van der Waals surface area contributed by atoms with Gasteiger partial charge in [-0.3, -0.25) is 4.79 Å². The van der Waals surface area contributed by atoms with Crippen LogP contribution in [0.3, 0.4) is 0 Å². The highest BCUT2D eigenvalue weighted by Gasteiger charge is 2.33. The number of hydrogen-bond acceptors (Lipinski definition) is 5. The molecule has 2 N–H and O–H groups in total. The zero-order valence-electron chi connectivity index (χ0n) is 24.1. The van der Waals surface area contributed by atoms with E-state index in [2.05, 4.69) is 10.2 Å². The van der Waals surface area contributed by atoms with Crippen LogP contribution in [0.5, 0.6) is 0 Å². The first-order valence-corrected chi connectivity index (χ1v) is 14.9. The Morgan fingerprint density at radius 1 is 0.750 bits per heavy atom. The third-order valence-corrected chi connectivity index (χ3v) is 8.17. The lowest BCUT2D eigenvalue weighted by Gasteiger charge is -2.38. The minimum atomic E-state index is -2.33. The molecule has 2 heterocycles. The third-order valence-electron chi connectivity index (χ3n) is 8.17. The maximum absolute atomic E-state index is 14.0. The van der Waals surface area contributed by atoms with Crippen molar-refractivity contribution in [2.75, 3.05) is 19.6 Å². The van der Waals surface area contributed by atoms with Crippen LogP contribution in [-0.4, -0.2) is 41.7 Å². The Balaban J connectivity index is 1.28. The van der Waals surface area contributed by atoms with Gasteiger partial charge in [-0.1, -0.05) is 67.8 Å². The van der Waals surface area contributed by atoms with Crippen molar-refractivity contribution in [2.24, 2.45) is 0 Å². The van der Waals surface area contributed by atoms with E-state index in [1.165, 1.54) is 19.3 Å². The van der Waals surface area contributed by atoms with Crippen LogP contribution < -0.4 is 5.32 Å². The van der Waals surface area contributed by atoms with Crippen molar-refractivity contribution >= 4 is 5.91 Å². The second-order valence-corrected chi connectivity index (χ2v) is 11.3. The molecule has 3 aromatic carbocycles. The fourth-order valence-electron chi connectivity index (χ4n) is 5.68. The lowest BCUT2D eigenvalue weighted by atomic mass is 9.99. The molecule has 3 atom stereocenters. The number of ether oxygens (including phenoxy) is 2. The molecule has 3 aromatic rings. The zero-order chi connectivity index (χ0) is 31.2. The Morgan fingerprint density at radius 3 is 1.91 bits per heavy atom. The fourth-order valence-corrected chi connectivity index (χ4v) is 5.68. The van der Waals surface area contributed by atoms with Crippen molar-refractivity contribution in [3.05, 3.63) is 105 Å². The molecule has 6 nitrogen and oxygen atoms in total.